The normalized spacial score (nSPS) is 14.4. The first-order valence-corrected chi connectivity index (χ1v) is 5.55. The summed E-state index contributed by atoms with van der Waals surface area (Å²) in [4.78, 5) is 4.01. The molecule has 1 aromatic carbocycles. The molecule has 0 aliphatic carbocycles. The van der Waals surface area contributed by atoms with Gasteiger partial charge in [0, 0.05) is 5.02 Å². The first-order chi connectivity index (χ1) is 8.00. The van der Waals surface area contributed by atoms with Crippen molar-refractivity contribution in [1.29, 1.82) is 0 Å². The summed E-state index contributed by atoms with van der Waals surface area (Å²) in [5.74, 6) is -0.379. The van der Waals surface area contributed by atoms with E-state index >= 15 is 0 Å². The predicted molar refractivity (Wildman–Crippen MR) is 66.3 cm³/mol. The Hall–Kier alpha value is -1.45. The molecular formula is C13H12ClFN2. The zero-order chi connectivity index (χ0) is 12.5. The van der Waals surface area contributed by atoms with Crippen molar-refractivity contribution in [2.24, 2.45) is 5.73 Å². The lowest BCUT2D eigenvalue weighted by molar-refractivity contribution is 0.568. The summed E-state index contributed by atoms with van der Waals surface area (Å²) in [5.41, 5.74) is 6.88. The molecule has 0 aliphatic heterocycles. The molecule has 2 rings (SSSR count). The minimum Gasteiger partial charge on any atom is -0.317 e. The van der Waals surface area contributed by atoms with E-state index in [9.17, 15) is 4.39 Å². The van der Waals surface area contributed by atoms with Crippen LogP contribution in [0.5, 0.6) is 0 Å². The number of nitrogens with two attached hydrogens (primary N) is 1. The van der Waals surface area contributed by atoms with Crippen LogP contribution < -0.4 is 5.73 Å². The molecule has 1 atom stereocenters. The molecule has 0 aliphatic rings. The molecule has 0 fully saturated rings. The van der Waals surface area contributed by atoms with Gasteiger partial charge >= 0.3 is 0 Å². The maximum Gasteiger partial charge on any atom is 0.141 e. The zero-order valence-electron chi connectivity index (χ0n) is 9.32. The van der Waals surface area contributed by atoms with E-state index in [1.165, 1.54) is 6.07 Å². The quantitative estimate of drug-likeness (QED) is 0.890. The van der Waals surface area contributed by atoms with Gasteiger partial charge in [0.25, 0.3) is 0 Å². The Morgan fingerprint density at radius 1 is 1.29 bits per heavy atom. The van der Waals surface area contributed by atoms with Crippen molar-refractivity contribution >= 4 is 11.6 Å². The second-order valence-corrected chi connectivity index (χ2v) is 4.51. The number of aromatic nitrogens is 1. The van der Waals surface area contributed by atoms with Crippen LogP contribution in [0.3, 0.4) is 0 Å². The molecule has 2 aromatic rings. The average molecular weight is 251 g/mol. The molecule has 1 heterocycles. The summed E-state index contributed by atoms with van der Waals surface area (Å²) in [6.45, 7) is 1.82. The number of nitrogens with zero attached hydrogens (tertiary/aromatic N) is 1. The summed E-state index contributed by atoms with van der Waals surface area (Å²) < 4.78 is 12.8. The third-order valence-corrected chi connectivity index (χ3v) is 2.92. The van der Waals surface area contributed by atoms with Crippen LogP contribution in [0.1, 0.15) is 18.2 Å². The number of pyridine rings is 1. The zero-order valence-corrected chi connectivity index (χ0v) is 10.1. The molecule has 17 heavy (non-hydrogen) atoms. The Morgan fingerprint density at radius 2 is 2.06 bits per heavy atom. The van der Waals surface area contributed by atoms with Crippen LogP contribution in [0, 0.1) is 5.82 Å². The molecule has 1 aromatic heterocycles. The van der Waals surface area contributed by atoms with Crippen LogP contribution in [0.2, 0.25) is 5.02 Å². The largest absolute Gasteiger partial charge is 0.317 e. The highest BCUT2D eigenvalue weighted by Crippen LogP contribution is 2.26. The van der Waals surface area contributed by atoms with E-state index in [4.69, 9.17) is 17.3 Å². The Labute approximate surface area is 104 Å². The minimum absolute atomic E-state index is 0.379. The van der Waals surface area contributed by atoms with E-state index < -0.39 is 5.54 Å². The van der Waals surface area contributed by atoms with Crippen molar-refractivity contribution in [2.75, 3.05) is 0 Å². The molecule has 88 valence electrons. The van der Waals surface area contributed by atoms with Crippen LogP contribution in [-0.4, -0.2) is 4.98 Å². The van der Waals surface area contributed by atoms with E-state index in [2.05, 4.69) is 4.98 Å². The lowest BCUT2D eigenvalue weighted by Crippen LogP contribution is -2.35. The molecule has 0 amide bonds. The highest BCUT2D eigenvalue weighted by molar-refractivity contribution is 6.30. The molecule has 4 heteroatoms. The van der Waals surface area contributed by atoms with Gasteiger partial charge in [0.1, 0.15) is 5.82 Å². The lowest BCUT2D eigenvalue weighted by Gasteiger charge is -2.24. The highest BCUT2D eigenvalue weighted by Gasteiger charge is 2.25. The molecular weight excluding hydrogens is 239 g/mol. The second kappa shape index (κ2) is 4.43. The first-order valence-electron chi connectivity index (χ1n) is 5.17. The van der Waals surface area contributed by atoms with Gasteiger partial charge in [-0.1, -0.05) is 23.7 Å². The van der Waals surface area contributed by atoms with Crippen LogP contribution in [0.15, 0.2) is 42.6 Å². The topological polar surface area (TPSA) is 38.9 Å². The van der Waals surface area contributed by atoms with Gasteiger partial charge in [-0.3, -0.25) is 4.98 Å². The monoisotopic (exact) mass is 250 g/mol. The summed E-state index contributed by atoms with van der Waals surface area (Å²) in [6, 6.07) is 10.2. The molecule has 0 saturated carbocycles. The number of halogens is 2. The molecule has 2 N–H and O–H groups in total. The standard InChI is InChI=1S/C13H12ClFN2/c1-13(16,9-3-2-4-10(14)7-9)12-6-5-11(15)8-17-12/h2-8H,16H2,1H3. The lowest BCUT2D eigenvalue weighted by atomic mass is 9.89. The molecule has 0 radical (unpaired) electrons. The summed E-state index contributed by atoms with van der Waals surface area (Å²) in [7, 11) is 0. The first kappa shape index (κ1) is 12.0. The van der Waals surface area contributed by atoms with Crippen molar-refractivity contribution in [2.45, 2.75) is 12.5 Å². The fourth-order valence-electron chi connectivity index (χ4n) is 1.64. The Balaban J connectivity index is 2.45. The van der Waals surface area contributed by atoms with E-state index in [0.29, 0.717) is 10.7 Å². The van der Waals surface area contributed by atoms with Crippen LogP contribution >= 0.6 is 11.6 Å². The van der Waals surface area contributed by atoms with Crippen molar-refractivity contribution in [3.8, 4) is 0 Å². The maximum atomic E-state index is 12.8. The fraction of sp³-hybridized carbons (Fsp3) is 0.154. The molecule has 0 spiro atoms. The molecule has 0 bridgehead atoms. The van der Waals surface area contributed by atoms with Gasteiger partial charge < -0.3 is 5.73 Å². The average Bonchev–Trinajstić information content (AvgIpc) is 2.29. The minimum atomic E-state index is -0.793. The Kier molecular flexibility index (Phi) is 3.13. The van der Waals surface area contributed by atoms with E-state index in [-0.39, 0.29) is 5.82 Å². The molecule has 0 saturated heterocycles. The number of hydrogen-bond acceptors (Lipinski definition) is 2. The van der Waals surface area contributed by atoms with Gasteiger partial charge in [0.15, 0.2) is 0 Å². The molecule has 1 unspecified atom stereocenters. The Bertz CT molecular complexity index is 523. The van der Waals surface area contributed by atoms with Gasteiger partial charge in [-0.2, -0.15) is 0 Å². The number of hydrogen-bond donors (Lipinski definition) is 1. The number of rotatable bonds is 2. The SMILES string of the molecule is CC(N)(c1cccc(Cl)c1)c1ccc(F)cn1. The van der Waals surface area contributed by atoms with Crippen LogP contribution in [-0.2, 0) is 5.54 Å². The van der Waals surface area contributed by atoms with Gasteiger partial charge in [0.05, 0.1) is 17.4 Å². The highest BCUT2D eigenvalue weighted by atomic mass is 35.5. The van der Waals surface area contributed by atoms with Gasteiger partial charge in [0.2, 0.25) is 0 Å². The van der Waals surface area contributed by atoms with Crippen molar-refractivity contribution in [3.05, 3.63) is 64.7 Å². The van der Waals surface area contributed by atoms with Gasteiger partial charge in [-0.05, 0) is 36.8 Å². The van der Waals surface area contributed by atoms with Gasteiger partial charge in [-0.15, -0.1) is 0 Å². The third kappa shape index (κ3) is 2.46. The second-order valence-electron chi connectivity index (χ2n) is 4.07. The summed E-state index contributed by atoms with van der Waals surface area (Å²) in [6.07, 6.45) is 1.16. The van der Waals surface area contributed by atoms with Crippen molar-refractivity contribution in [3.63, 3.8) is 0 Å². The van der Waals surface area contributed by atoms with E-state index in [1.807, 2.05) is 19.1 Å². The predicted octanol–water partition coefficient (Wildman–Crippen LogP) is 3.10. The maximum absolute atomic E-state index is 12.8. The van der Waals surface area contributed by atoms with Gasteiger partial charge in [-0.25, -0.2) is 4.39 Å². The van der Waals surface area contributed by atoms with Crippen molar-refractivity contribution < 1.29 is 4.39 Å². The molecule has 2 nitrogen and oxygen atoms in total. The van der Waals surface area contributed by atoms with Crippen LogP contribution in [0.4, 0.5) is 4.39 Å². The summed E-state index contributed by atoms with van der Waals surface area (Å²) >= 11 is 5.93. The smallest absolute Gasteiger partial charge is 0.141 e. The number of benzene rings is 1. The van der Waals surface area contributed by atoms with Crippen molar-refractivity contribution in [1.82, 2.24) is 4.98 Å². The van der Waals surface area contributed by atoms with E-state index in [0.717, 1.165) is 11.8 Å². The third-order valence-electron chi connectivity index (χ3n) is 2.68. The summed E-state index contributed by atoms with van der Waals surface area (Å²) in [5, 5.41) is 0.612. The van der Waals surface area contributed by atoms with E-state index in [1.54, 1.807) is 18.2 Å². The van der Waals surface area contributed by atoms with Crippen LogP contribution in [0.25, 0.3) is 0 Å². The Morgan fingerprint density at radius 3 is 2.65 bits per heavy atom. The fourth-order valence-corrected chi connectivity index (χ4v) is 1.83.